The van der Waals surface area contributed by atoms with E-state index in [1.165, 1.54) is 0 Å². The lowest BCUT2D eigenvalue weighted by Gasteiger charge is -2.26. The van der Waals surface area contributed by atoms with Crippen molar-refractivity contribution in [2.75, 3.05) is 6.54 Å². The number of likely N-dealkylation sites (tertiary alicyclic amines) is 1. The molecular formula is C7H10N2O. The molecule has 1 saturated heterocycles. The molecule has 1 unspecified atom stereocenters. The highest BCUT2D eigenvalue weighted by Crippen LogP contribution is 2.11. The number of nitrogens with zero attached hydrogens (tertiary/aromatic N) is 2. The van der Waals surface area contributed by atoms with E-state index in [4.69, 9.17) is 5.26 Å². The van der Waals surface area contributed by atoms with Crippen molar-refractivity contribution in [2.45, 2.75) is 25.8 Å². The zero-order valence-electron chi connectivity index (χ0n) is 6.00. The van der Waals surface area contributed by atoms with Gasteiger partial charge in [-0.2, -0.15) is 5.26 Å². The lowest BCUT2D eigenvalue weighted by atomic mass is 10.0. The van der Waals surface area contributed by atoms with E-state index in [1.54, 1.807) is 4.90 Å². The summed E-state index contributed by atoms with van der Waals surface area (Å²) >= 11 is 0. The third-order valence-electron chi connectivity index (χ3n) is 1.82. The summed E-state index contributed by atoms with van der Waals surface area (Å²) in [7, 11) is 0. The maximum atomic E-state index is 10.8. The number of nitriles is 1. The lowest BCUT2D eigenvalue weighted by molar-refractivity contribution is -0.122. The minimum Gasteiger partial charge on any atom is -0.307 e. The summed E-state index contributed by atoms with van der Waals surface area (Å²) in [6.07, 6.45) is 3.13. The Morgan fingerprint density at radius 3 is 3.00 bits per heavy atom. The molecule has 0 spiro atoms. The molecular weight excluding hydrogens is 128 g/mol. The van der Waals surface area contributed by atoms with Gasteiger partial charge in [0, 0.05) is 25.4 Å². The third kappa shape index (κ3) is 1.27. The largest absolute Gasteiger partial charge is 0.307 e. The topological polar surface area (TPSA) is 44.1 Å². The average Bonchev–Trinajstić information content (AvgIpc) is 1.88. The number of hydrogen-bond donors (Lipinski definition) is 0. The van der Waals surface area contributed by atoms with Crippen molar-refractivity contribution in [3.8, 4) is 6.19 Å². The van der Waals surface area contributed by atoms with Crippen LogP contribution in [0.4, 0.5) is 0 Å². The second-order valence-electron chi connectivity index (χ2n) is 2.64. The molecule has 10 heavy (non-hydrogen) atoms. The number of carbonyl (C=O) groups is 1. The van der Waals surface area contributed by atoms with Crippen LogP contribution in [-0.4, -0.2) is 23.3 Å². The lowest BCUT2D eigenvalue weighted by Crippen LogP contribution is -2.37. The maximum absolute atomic E-state index is 10.8. The van der Waals surface area contributed by atoms with Crippen LogP contribution in [0.3, 0.4) is 0 Å². The number of hydrogen-bond acceptors (Lipinski definition) is 3. The Hall–Kier alpha value is -1.04. The molecule has 0 radical (unpaired) electrons. The molecule has 1 aliphatic heterocycles. The van der Waals surface area contributed by atoms with E-state index in [-0.39, 0.29) is 11.8 Å². The monoisotopic (exact) mass is 138 g/mol. The van der Waals surface area contributed by atoms with Crippen molar-refractivity contribution in [3.05, 3.63) is 0 Å². The van der Waals surface area contributed by atoms with Gasteiger partial charge in [0.1, 0.15) is 5.78 Å². The summed E-state index contributed by atoms with van der Waals surface area (Å²) in [5.74, 6) is 0.277. The molecule has 0 aliphatic carbocycles. The second-order valence-corrected chi connectivity index (χ2v) is 2.64. The zero-order chi connectivity index (χ0) is 7.56. The van der Waals surface area contributed by atoms with E-state index in [1.807, 2.05) is 6.92 Å². The van der Waals surface area contributed by atoms with Crippen LogP contribution in [0, 0.1) is 11.5 Å². The van der Waals surface area contributed by atoms with Gasteiger partial charge >= 0.3 is 0 Å². The Morgan fingerprint density at radius 1 is 1.80 bits per heavy atom. The minimum atomic E-state index is 0.117. The molecule has 54 valence electrons. The number of Topliss-reactive ketones (excluding diaryl/α,β-unsaturated/α-hetero) is 1. The van der Waals surface area contributed by atoms with Crippen LogP contribution in [0.5, 0.6) is 0 Å². The first kappa shape index (κ1) is 7.07. The van der Waals surface area contributed by atoms with Gasteiger partial charge in [0.25, 0.3) is 0 Å². The van der Waals surface area contributed by atoms with E-state index in [2.05, 4.69) is 6.19 Å². The van der Waals surface area contributed by atoms with Crippen LogP contribution in [0.1, 0.15) is 19.8 Å². The Labute approximate surface area is 60.2 Å². The summed E-state index contributed by atoms with van der Waals surface area (Å²) in [5.41, 5.74) is 0. The van der Waals surface area contributed by atoms with E-state index in [9.17, 15) is 4.79 Å². The van der Waals surface area contributed by atoms with Gasteiger partial charge in [-0.15, -0.1) is 0 Å². The number of piperidine rings is 1. The van der Waals surface area contributed by atoms with Gasteiger partial charge in [0.05, 0.1) is 0 Å². The highest BCUT2D eigenvalue weighted by molar-refractivity contribution is 5.80. The summed E-state index contributed by atoms with van der Waals surface area (Å²) in [6.45, 7) is 2.51. The van der Waals surface area contributed by atoms with Crippen LogP contribution in [-0.2, 0) is 4.79 Å². The average molecular weight is 138 g/mol. The number of ketones is 1. The van der Waals surface area contributed by atoms with Crippen LogP contribution >= 0.6 is 0 Å². The molecule has 0 aromatic rings. The quantitative estimate of drug-likeness (QED) is 0.458. The molecule has 0 aromatic carbocycles. The molecule has 0 bridgehead atoms. The summed E-state index contributed by atoms with van der Waals surface area (Å²) in [6, 6.07) is 0.117. The Bertz CT molecular complexity index is 183. The van der Waals surface area contributed by atoms with Gasteiger partial charge in [-0.3, -0.25) is 4.79 Å². The van der Waals surface area contributed by atoms with Gasteiger partial charge in [0.15, 0.2) is 6.19 Å². The first-order chi connectivity index (χ1) is 4.74. The molecule has 3 heteroatoms. The normalized spacial score (nSPS) is 26.2. The van der Waals surface area contributed by atoms with Crippen molar-refractivity contribution in [3.63, 3.8) is 0 Å². The fourth-order valence-electron chi connectivity index (χ4n) is 1.16. The first-order valence-corrected chi connectivity index (χ1v) is 3.42. The predicted octanol–water partition coefficient (Wildman–Crippen LogP) is 0.521. The second kappa shape index (κ2) is 2.70. The van der Waals surface area contributed by atoms with Gasteiger partial charge < -0.3 is 4.90 Å². The van der Waals surface area contributed by atoms with E-state index < -0.39 is 0 Å². The van der Waals surface area contributed by atoms with Gasteiger partial charge in [-0.25, -0.2) is 0 Å². The maximum Gasteiger partial charge on any atom is 0.179 e. The fourth-order valence-corrected chi connectivity index (χ4v) is 1.16. The van der Waals surface area contributed by atoms with Crippen molar-refractivity contribution in [1.82, 2.24) is 4.90 Å². The first-order valence-electron chi connectivity index (χ1n) is 3.42. The van der Waals surface area contributed by atoms with E-state index >= 15 is 0 Å². The molecule has 1 aliphatic rings. The predicted molar refractivity (Wildman–Crippen MR) is 36.0 cm³/mol. The van der Waals surface area contributed by atoms with Crippen molar-refractivity contribution >= 4 is 5.78 Å². The molecule has 0 saturated carbocycles. The van der Waals surface area contributed by atoms with Crippen LogP contribution in [0.2, 0.25) is 0 Å². The van der Waals surface area contributed by atoms with Crippen LogP contribution in [0.25, 0.3) is 0 Å². The summed E-state index contributed by atoms with van der Waals surface area (Å²) in [5, 5.41) is 8.51. The zero-order valence-corrected chi connectivity index (χ0v) is 6.00. The molecule has 1 fully saturated rings. The minimum absolute atomic E-state index is 0.117. The van der Waals surface area contributed by atoms with Crippen molar-refractivity contribution in [2.24, 2.45) is 0 Å². The summed E-state index contributed by atoms with van der Waals surface area (Å²) < 4.78 is 0. The van der Waals surface area contributed by atoms with Crippen molar-refractivity contribution < 1.29 is 4.79 Å². The van der Waals surface area contributed by atoms with Crippen LogP contribution in [0.15, 0.2) is 0 Å². The van der Waals surface area contributed by atoms with Gasteiger partial charge in [-0.05, 0) is 6.92 Å². The molecule has 0 N–H and O–H groups in total. The molecule has 1 rings (SSSR count). The fraction of sp³-hybridized carbons (Fsp3) is 0.714. The summed E-state index contributed by atoms with van der Waals surface area (Å²) in [4.78, 5) is 12.5. The Balaban J connectivity index is 2.53. The number of carbonyl (C=O) groups excluding carboxylic acids is 1. The molecule has 3 nitrogen and oxygen atoms in total. The smallest absolute Gasteiger partial charge is 0.179 e. The third-order valence-corrected chi connectivity index (χ3v) is 1.82. The Kier molecular flexibility index (Phi) is 1.91. The van der Waals surface area contributed by atoms with Crippen molar-refractivity contribution in [1.29, 1.82) is 5.26 Å². The van der Waals surface area contributed by atoms with Crippen LogP contribution < -0.4 is 0 Å². The van der Waals surface area contributed by atoms with Gasteiger partial charge in [0.2, 0.25) is 0 Å². The molecule has 1 heterocycles. The highest BCUT2D eigenvalue weighted by Gasteiger charge is 2.21. The SMILES string of the molecule is CC1CC(=O)CCN1C#N. The van der Waals surface area contributed by atoms with E-state index in [0.29, 0.717) is 19.4 Å². The standard InChI is InChI=1S/C7H10N2O/c1-6-4-7(10)2-3-9(6)5-8/h6H,2-4H2,1H3. The van der Waals surface area contributed by atoms with E-state index in [0.717, 1.165) is 0 Å². The molecule has 0 amide bonds. The Morgan fingerprint density at radius 2 is 2.50 bits per heavy atom. The van der Waals surface area contributed by atoms with Gasteiger partial charge in [-0.1, -0.05) is 0 Å². The molecule has 1 atom stereocenters. The number of rotatable bonds is 0. The highest BCUT2D eigenvalue weighted by atomic mass is 16.1. The molecule has 0 aromatic heterocycles.